The molecular weight excluding hydrogens is 292 g/mol. The zero-order chi connectivity index (χ0) is 15.9. The molecule has 6 heteroatoms. The molecule has 0 spiro atoms. The van der Waals surface area contributed by atoms with Gasteiger partial charge in [0.2, 0.25) is 5.95 Å². The molecule has 1 aliphatic heterocycles. The van der Waals surface area contributed by atoms with Crippen LogP contribution in [0.2, 0.25) is 0 Å². The number of hydrogen-bond acceptors (Lipinski definition) is 6. The van der Waals surface area contributed by atoms with Gasteiger partial charge in [-0.05, 0) is 30.3 Å². The summed E-state index contributed by atoms with van der Waals surface area (Å²) in [5, 5.41) is 0. The minimum Gasteiger partial charge on any atom is -0.497 e. The molecule has 1 fully saturated rings. The van der Waals surface area contributed by atoms with Crippen LogP contribution in [0, 0.1) is 0 Å². The predicted octanol–water partition coefficient (Wildman–Crippen LogP) is 1.69. The van der Waals surface area contributed by atoms with Gasteiger partial charge in [-0.15, -0.1) is 0 Å². The zero-order valence-electron chi connectivity index (χ0n) is 13.4. The number of benzene rings is 1. The lowest BCUT2D eigenvalue weighted by Crippen LogP contribution is -2.48. The average Bonchev–Trinajstić information content (AvgIpc) is 2.64. The van der Waals surface area contributed by atoms with Gasteiger partial charge in [-0.2, -0.15) is 0 Å². The second kappa shape index (κ2) is 7.78. The quantitative estimate of drug-likeness (QED) is 0.809. The molecule has 0 bridgehead atoms. The first-order chi connectivity index (χ1) is 11.3. The minimum absolute atomic E-state index is 0.689. The van der Waals surface area contributed by atoms with Gasteiger partial charge < -0.3 is 14.4 Å². The van der Waals surface area contributed by atoms with Crippen molar-refractivity contribution in [2.75, 3.05) is 51.3 Å². The summed E-state index contributed by atoms with van der Waals surface area (Å²) in [5.74, 6) is 2.54. The Labute approximate surface area is 136 Å². The lowest BCUT2D eigenvalue weighted by atomic mass is 10.3. The highest BCUT2D eigenvalue weighted by Crippen LogP contribution is 2.17. The highest BCUT2D eigenvalue weighted by atomic mass is 16.5. The summed E-state index contributed by atoms with van der Waals surface area (Å²) in [4.78, 5) is 13.2. The molecule has 1 saturated heterocycles. The molecule has 23 heavy (non-hydrogen) atoms. The van der Waals surface area contributed by atoms with Gasteiger partial charge in [-0.3, -0.25) is 4.90 Å². The van der Waals surface area contributed by atoms with E-state index >= 15 is 0 Å². The molecule has 0 saturated carbocycles. The van der Waals surface area contributed by atoms with Gasteiger partial charge in [0.25, 0.3) is 0 Å². The molecule has 0 atom stereocenters. The predicted molar refractivity (Wildman–Crippen MR) is 89.2 cm³/mol. The number of methoxy groups -OCH3 is 1. The van der Waals surface area contributed by atoms with E-state index in [9.17, 15) is 0 Å². The molecule has 1 aliphatic rings. The van der Waals surface area contributed by atoms with E-state index < -0.39 is 0 Å². The van der Waals surface area contributed by atoms with Crippen molar-refractivity contribution in [3.8, 4) is 11.5 Å². The van der Waals surface area contributed by atoms with Gasteiger partial charge in [0.15, 0.2) is 0 Å². The Kier molecular flexibility index (Phi) is 5.26. The highest BCUT2D eigenvalue weighted by molar-refractivity contribution is 5.31. The fourth-order valence-corrected chi connectivity index (χ4v) is 2.59. The van der Waals surface area contributed by atoms with Crippen molar-refractivity contribution in [2.45, 2.75) is 0 Å². The zero-order valence-corrected chi connectivity index (χ0v) is 13.4. The van der Waals surface area contributed by atoms with Crippen molar-refractivity contribution >= 4 is 5.95 Å². The Morgan fingerprint density at radius 1 is 0.957 bits per heavy atom. The summed E-state index contributed by atoms with van der Waals surface area (Å²) in [6.07, 6.45) is 3.58. The Balaban J connectivity index is 1.39. The summed E-state index contributed by atoms with van der Waals surface area (Å²) < 4.78 is 10.9. The average molecular weight is 314 g/mol. The van der Waals surface area contributed by atoms with E-state index in [0.717, 1.165) is 50.2 Å². The van der Waals surface area contributed by atoms with Crippen LogP contribution >= 0.6 is 0 Å². The number of anilines is 1. The molecule has 1 aromatic carbocycles. The van der Waals surface area contributed by atoms with Crippen molar-refractivity contribution in [2.24, 2.45) is 0 Å². The maximum atomic E-state index is 5.78. The van der Waals surface area contributed by atoms with E-state index in [1.165, 1.54) is 0 Å². The monoisotopic (exact) mass is 314 g/mol. The van der Waals surface area contributed by atoms with Crippen LogP contribution in [0.5, 0.6) is 11.5 Å². The van der Waals surface area contributed by atoms with Crippen LogP contribution in [0.1, 0.15) is 0 Å². The highest BCUT2D eigenvalue weighted by Gasteiger charge is 2.18. The fourth-order valence-electron chi connectivity index (χ4n) is 2.59. The summed E-state index contributed by atoms with van der Waals surface area (Å²) in [6, 6.07) is 9.53. The van der Waals surface area contributed by atoms with Crippen LogP contribution in [0.25, 0.3) is 0 Å². The third kappa shape index (κ3) is 4.32. The van der Waals surface area contributed by atoms with Crippen LogP contribution < -0.4 is 14.4 Å². The van der Waals surface area contributed by atoms with Crippen LogP contribution in [0.3, 0.4) is 0 Å². The summed E-state index contributed by atoms with van der Waals surface area (Å²) >= 11 is 0. The van der Waals surface area contributed by atoms with Crippen molar-refractivity contribution in [3.05, 3.63) is 42.7 Å². The van der Waals surface area contributed by atoms with Crippen molar-refractivity contribution in [1.82, 2.24) is 14.9 Å². The molecule has 2 aromatic rings. The normalized spacial score (nSPS) is 15.4. The van der Waals surface area contributed by atoms with Crippen LogP contribution in [-0.2, 0) is 0 Å². The van der Waals surface area contributed by atoms with Crippen molar-refractivity contribution < 1.29 is 9.47 Å². The van der Waals surface area contributed by atoms with Crippen LogP contribution in [-0.4, -0.2) is 61.3 Å². The van der Waals surface area contributed by atoms with Gasteiger partial charge in [0.1, 0.15) is 18.1 Å². The minimum atomic E-state index is 0.689. The molecule has 122 valence electrons. The van der Waals surface area contributed by atoms with Gasteiger partial charge in [-0.1, -0.05) is 0 Å². The smallest absolute Gasteiger partial charge is 0.225 e. The number of nitrogens with zero attached hydrogens (tertiary/aromatic N) is 4. The molecule has 0 amide bonds. The molecular formula is C17H22N4O2. The van der Waals surface area contributed by atoms with Crippen molar-refractivity contribution in [3.63, 3.8) is 0 Å². The van der Waals surface area contributed by atoms with Gasteiger partial charge >= 0.3 is 0 Å². The number of ether oxygens (including phenoxy) is 2. The summed E-state index contributed by atoms with van der Waals surface area (Å²) in [6.45, 7) is 5.53. The lowest BCUT2D eigenvalue weighted by Gasteiger charge is -2.34. The van der Waals surface area contributed by atoms with Crippen molar-refractivity contribution in [1.29, 1.82) is 0 Å². The number of rotatable bonds is 6. The Hall–Kier alpha value is -2.34. The molecule has 0 unspecified atom stereocenters. The number of hydrogen-bond donors (Lipinski definition) is 0. The molecule has 3 rings (SSSR count). The first kappa shape index (κ1) is 15.6. The summed E-state index contributed by atoms with van der Waals surface area (Å²) in [7, 11) is 1.66. The molecule has 0 N–H and O–H groups in total. The third-order valence-electron chi connectivity index (χ3n) is 3.94. The van der Waals surface area contributed by atoms with Gasteiger partial charge in [0.05, 0.1) is 7.11 Å². The van der Waals surface area contributed by atoms with Crippen LogP contribution in [0.4, 0.5) is 5.95 Å². The Bertz CT molecular complexity index is 583. The largest absolute Gasteiger partial charge is 0.497 e. The topological polar surface area (TPSA) is 50.7 Å². The molecule has 1 aromatic heterocycles. The third-order valence-corrected chi connectivity index (χ3v) is 3.94. The number of piperazine rings is 1. The van der Waals surface area contributed by atoms with E-state index in [2.05, 4.69) is 19.8 Å². The van der Waals surface area contributed by atoms with E-state index in [0.29, 0.717) is 6.61 Å². The first-order valence-corrected chi connectivity index (χ1v) is 7.86. The van der Waals surface area contributed by atoms with E-state index in [-0.39, 0.29) is 0 Å². The maximum absolute atomic E-state index is 5.78. The summed E-state index contributed by atoms with van der Waals surface area (Å²) in [5.41, 5.74) is 0. The van der Waals surface area contributed by atoms with E-state index in [1.54, 1.807) is 19.5 Å². The first-order valence-electron chi connectivity index (χ1n) is 7.86. The SMILES string of the molecule is COc1ccc(OCCN2CCN(c3ncccn3)CC2)cc1. The maximum Gasteiger partial charge on any atom is 0.225 e. The van der Waals surface area contributed by atoms with E-state index in [1.807, 2.05) is 30.3 Å². The van der Waals surface area contributed by atoms with E-state index in [4.69, 9.17) is 9.47 Å². The second-order valence-electron chi connectivity index (χ2n) is 5.40. The van der Waals surface area contributed by atoms with Gasteiger partial charge in [0, 0.05) is 45.1 Å². The fraction of sp³-hybridized carbons (Fsp3) is 0.412. The molecule has 2 heterocycles. The van der Waals surface area contributed by atoms with Crippen LogP contribution in [0.15, 0.2) is 42.7 Å². The molecule has 6 nitrogen and oxygen atoms in total. The molecule has 0 aliphatic carbocycles. The van der Waals surface area contributed by atoms with Gasteiger partial charge in [-0.25, -0.2) is 9.97 Å². The number of aromatic nitrogens is 2. The Morgan fingerprint density at radius 3 is 2.26 bits per heavy atom. The lowest BCUT2D eigenvalue weighted by molar-refractivity contribution is 0.200. The standard InChI is InChI=1S/C17H22N4O2/c1-22-15-3-5-16(6-4-15)23-14-13-20-9-11-21(12-10-20)17-18-7-2-8-19-17/h2-8H,9-14H2,1H3. The molecule has 0 radical (unpaired) electrons. The Morgan fingerprint density at radius 2 is 1.61 bits per heavy atom. The second-order valence-corrected chi connectivity index (χ2v) is 5.40.